The molecule has 1 aromatic heterocycles. The fourth-order valence-electron chi connectivity index (χ4n) is 1.33. The van der Waals surface area contributed by atoms with Crippen molar-refractivity contribution in [2.24, 2.45) is 5.73 Å². The van der Waals surface area contributed by atoms with Crippen LogP contribution in [-0.4, -0.2) is 27.1 Å². The van der Waals surface area contributed by atoms with Gasteiger partial charge < -0.3 is 15.9 Å². The van der Waals surface area contributed by atoms with Crippen molar-refractivity contribution in [2.75, 3.05) is 0 Å². The summed E-state index contributed by atoms with van der Waals surface area (Å²) in [7, 11) is 0. The Balaban J connectivity index is 0.000000232. The number of carboxylic acids is 2. The zero-order valence-corrected chi connectivity index (χ0v) is 9.41. The maximum Gasteiger partial charge on any atom is 0.414 e. The van der Waals surface area contributed by atoms with E-state index in [9.17, 15) is 0 Å². The van der Waals surface area contributed by atoms with E-state index in [2.05, 4.69) is 4.98 Å². The molecule has 0 aliphatic carbocycles. The molecule has 0 saturated carbocycles. The largest absolute Gasteiger partial charge is 0.473 e. The third-order valence-electron chi connectivity index (χ3n) is 2.14. The van der Waals surface area contributed by atoms with Gasteiger partial charge in [-0.25, -0.2) is 9.59 Å². The van der Waals surface area contributed by atoms with Crippen LogP contribution >= 0.6 is 0 Å². The molecular formula is C12H12N2O4. The third-order valence-corrected chi connectivity index (χ3v) is 2.14. The molecule has 2 aromatic rings. The summed E-state index contributed by atoms with van der Waals surface area (Å²) in [5.74, 6) is -3.65. The first-order valence-electron chi connectivity index (χ1n) is 5.05. The van der Waals surface area contributed by atoms with E-state index in [1.165, 1.54) is 0 Å². The lowest BCUT2D eigenvalue weighted by Gasteiger charge is -2.01. The average Bonchev–Trinajstić information content (AvgIpc) is 2.38. The summed E-state index contributed by atoms with van der Waals surface area (Å²) in [4.78, 5) is 22.4. The van der Waals surface area contributed by atoms with E-state index < -0.39 is 11.9 Å². The maximum atomic E-state index is 9.10. The Labute approximate surface area is 103 Å². The van der Waals surface area contributed by atoms with E-state index in [1.807, 2.05) is 30.3 Å². The molecule has 1 heterocycles. The Bertz CT molecular complexity index is 552. The highest BCUT2D eigenvalue weighted by Gasteiger charge is 2.04. The van der Waals surface area contributed by atoms with Gasteiger partial charge in [0.1, 0.15) is 0 Å². The number of pyridine rings is 1. The maximum absolute atomic E-state index is 9.10. The number of aromatic nitrogens is 1. The van der Waals surface area contributed by atoms with Gasteiger partial charge in [0, 0.05) is 18.1 Å². The minimum absolute atomic E-state index is 0.572. The zero-order valence-electron chi connectivity index (χ0n) is 9.41. The summed E-state index contributed by atoms with van der Waals surface area (Å²) in [5.41, 5.74) is 7.76. The number of fused-ring (bicyclic) bond motifs is 1. The zero-order chi connectivity index (χ0) is 13.5. The van der Waals surface area contributed by atoms with Crippen LogP contribution in [0, 0.1) is 0 Å². The number of rotatable bonds is 1. The molecule has 0 fully saturated rings. The van der Waals surface area contributed by atoms with Crippen LogP contribution in [0.5, 0.6) is 0 Å². The van der Waals surface area contributed by atoms with E-state index in [1.54, 1.807) is 6.20 Å². The summed E-state index contributed by atoms with van der Waals surface area (Å²) < 4.78 is 0. The second-order valence-electron chi connectivity index (χ2n) is 3.30. The van der Waals surface area contributed by atoms with Gasteiger partial charge in [-0.05, 0) is 17.7 Å². The molecule has 0 aliphatic heterocycles. The standard InChI is InChI=1S/C10H10N2.C2H2O4/c11-7-8-5-6-12-10-4-2-1-3-9(8)10;3-1(4)2(5)6/h1-6H,7,11H2;(H,3,4)(H,5,6). The number of nitrogens with two attached hydrogens (primary N) is 1. The van der Waals surface area contributed by atoms with Crippen LogP contribution in [0.15, 0.2) is 36.5 Å². The molecule has 0 radical (unpaired) electrons. The van der Waals surface area contributed by atoms with Crippen LogP contribution in [0.2, 0.25) is 0 Å². The van der Waals surface area contributed by atoms with Crippen molar-refractivity contribution >= 4 is 22.8 Å². The first-order valence-corrected chi connectivity index (χ1v) is 5.05. The van der Waals surface area contributed by atoms with E-state index >= 15 is 0 Å². The highest BCUT2D eigenvalue weighted by atomic mass is 16.4. The fourth-order valence-corrected chi connectivity index (χ4v) is 1.33. The molecule has 0 saturated heterocycles. The van der Waals surface area contributed by atoms with E-state index in [0.717, 1.165) is 16.5 Å². The number of para-hydroxylation sites is 1. The first-order chi connectivity index (χ1) is 8.56. The van der Waals surface area contributed by atoms with Crippen molar-refractivity contribution in [2.45, 2.75) is 6.54 Å². The van der Waals surface area contributed by atoms with Crippen LogP contribution < -0.4 is 5.73 Å². The second-order valence-corrected chi connectivity index (χ2v) is 3.30. The molecule has 0 aliphatic rings. The number of nitrogens with zero attached hydrogens (tertiary/aromatic N) is 1. The molecule has 6 heteroatoms. The van der Waals surface area contributed by atoms with Crippen molar-refractivity contribution < 1.29 is 19.8 Å². The van der Waals surface area contributed by atoms with Crippen LogP contribution in [0.25, 0.3) is 10.9 Å². The van der Waals surface area contributed by atoms with Crippen molar-refractivity contribution in [3.05, 3.63) is 42.1 Å². The molecule has 0 atom stereocenters. The van der Waals surface area contributed by atoms with E-state index in [0.29, 0.717) is 6.54 Å². The van der Waals surface area contributed by atoms with Gasteiger partial charge in [-0.3, -0.25) is 4.98 Å². The highest BCUT2D eigenvalue weighted by Crippen LogP contribution is 2.14. The van der Waals surface area contributed by atoms with Gasteiger partial charge in [0.05, 0.1) is 5.52 Å². The number of aliphatic carboxylic acids is 2. The molecule has 1 aromatic carbocycles. The number of carboxylic acid groups (broad SMARTS) is 2. The molecule has 0 spiro atoms. The SMILES string of the molecule is NCc1ccnc2ccccc12.O=C(O)C(=O)O. The van der Waals surface area contributed by atoms with Gasteiger partial charge in [-0.15, -0.1) is 0 Å². The predicted octanol–water partition coefficient (Wildman–Crippen LogP) is 0.849. The third kappa shape index (κ3) is 3.53. The Morgan fingerprint density at radius 1 is 1.11 bits per heavy atom. The van der Waals surface area contributed by atoms with Gasteiger partial charge in [0.25, 0.3) is 0 Å². The number of carbonyl (C=O) groups is 2. The summed E-state index contributed by atoms with van der Waals surface area (Å²) in [6.45, 7) is 0.572. The highest BCUT2D eigenvalue weighted by molar-refractivity contribution is 6.27. The van der Waals surface area contributed by atoms with Crippen LogP contribution in [0.4, 0.5) is 0 Å². The fraction of sp³-hybridized carbons (Fsp3) is 0.0833. The van der Waals surface area contributed by atoms with Crippen LogP contribution in [0.1, 0.15) is 5.56 Å². The van der Waals surface area contributed by atoms with Gasteiger partial charge in [-0.2, -0.15) is 0 Å². The molecule has 4 N–H and O–H groups in total. The minimum Gasteiger partial charge on any atom is -0.473 e. The van der Waals surface area contributed by atoms with Gasteiger partial charge >= 0.3 is 11.9 Å². The van der Waals surface area contributed by atoms with Crippen LogP contribution in [0.3, 0.4) is 0 Å². The Kier molecular flexibility index (Phi) is 4.77. The monoisotopic (exact) mass is 248 g/mol. The van der Waals surface area contributed by atoms with Crippen molar-refractivity contribution in [3.63, 3.8) is 0 Å². The summed E-state index contributed by atoms with van der Waals surface area (Å²) in [5, 5.41) is 15.9. The lowest BCUT2D eigenvalue weighted by molar-refractivity contribution is -0.159. The summed E-state index contributed by atoms with van der Waals surface area (Å²) >= 11 is 0. The van der Waals surface area contributed by atoms with Crippen molar-refractivity contribution in [3.8, 4) is 0 Å². The number of hydrogen-bond donors (Lipinski definition) is 3. The summed E-state index contributed by atoms with van der Waals surface area (Å²) in [6, 6.07) is 9.99. The molecule has 18 heavy (non-hydrogen) atoms. The lowest BCUT2D eigenvalue weighted by atomic mass is 10.1. The van der Waals surface area contributed by atoms with Crippen molar-refractivity contribution in [1.29, 1.82) is 0 Å². The van der Waals surface area contributed by atoms with Gasteiger partial charge in [0.2, 0.25) is 0 Å². The topological polar surface area (TPSA) is 114 Å². The smallest absolute Gasteiger partial charge is 0.414 e. The molecule has 0 amide bonds. The Morgan fingerprint density at radius 3 is 2.28 bits per heavy atom. The molecule has 0 unspecified atom stereocenters. The van der Waals surface area contributed by atoms with E-state index in [4.69, 9.17) is 25.5 Å². The Hall–Kier alpha value is -2.47. The Morgan fingerprint density at radius 2 is 1.72 bits per heavy atom. The first kappa shape index (κ1) is 13.6. The molecule has 2 rings (SSSR count). The van der Waals surface area contributed by atoms with Crippen LogP contribution in [-0.2, 0) is 16.1 Å². The quantitative estimate of drug-likeness (QED) is 0.645. The van der Waals surface area contributed by atoms with Gasteiger partial charge in [0.15, 0.2) is 0 Å². The second kappa shape index (κ2) is 6.31. The molecule has 0 bridgehead atoms. The predicted molar refractivity (Wildman–Crippen MR) is 64.9 cm³/mol. The number of benzene rings is 1. The average molecular weight is 248 g/mol. The lowest BCUT2D eigenvalue weighted by Crippen LogP contribution is -2.09. The number of hydrogen-bond acceptors (Lipinski definition) is 4. The molecule has 6 nitrogen and oxygen atoms in total. The van der Waals surface area contributed by atoms with Gasteiger partial charge in [-0.1, -0.05) is 18.2 Å². The van der Waals surface area contributed by atoms with E-state index in [-0.39, 0.29) is 0 Å². The molecule has 94 valence electrons. The molecular weight excluding hydrogens is 236 g/mol. The summed E-state index contributed by atoms with van der Waals surface area (Å²) in [6.07, 6.45) is 1.80. The normalized spacial score (nSPS) is 9.39. The van der Waals surface area contributed by atoms with Crippen molar-refractivity contribution in [1.82, 2.24) is 4.98 Å². The minimum atomic E-state index is -1.82.